The van der Waals surface area contributed by atoms with Gasteiger partial charge in [-0.25, -0.2) is 0 Å². The summed E-state index contributed by atoms with van der Waals surface area (Å²) in [7, 11) is 1.51. The van der Waals surface area contributed by atoms with Crippen LogP contribution in [0.1, 0.15) is 60.1 Å². The van der Waals surface area contributed by atoms with Gasteiger partial charge in [0.15, 0.2) is 0 Å². The number of nitrogens with zero attached hydrogens (tertiary/aromatic N) is 1. The molecule has 0 atom stereocenters. The predicted octanol–water partition coefficient (Wildman–Crippen LogP) is 4.44. The SMILES string of the molecule is COCC(=O)NC1CCC(NC(=O)c2c(C)[nH]c3c(-c4cc(C)ccc4OCC4CC4)ccnc23)CC1. The minimum absolute atomic E-state index is 0.0646. The van der Waals surface area contributed by atoms with Gasteiger partial charge in [-0.1, -0.05) is 11.6 Å². The number of aromatic nitrogens is 2. The van der Waals surface area contributed by atoms with Crippen LogP contribution in [-0.2, 0) is 9.53 Å². The van der Waals surface area contributed by atoms with Gasteiger partial charge in [-0.2, -0.15) is 0 Å². The third-order valence-corrected chi connectivity index (χ3v) is 7.40. The molecule has 0 saturated heterocycles. The molecule has 0 aliphatic heterocycles. The molecule has 2 amide bonds. The molecule has 5 rings (SSSR count). The molecule has 3 aromatic rings. The van der Waals surface area contributed by atoms with E-state index in [0.29, 0.717) is 17.0 Å². The Morgan fingerprint density at radius 2 is 1.73 bits per heavy atom. The number of carbonyl (C=O) groups is 2. The smallest absolute Gasteiger partial charge is 0.255 e. The number of hydrogen-bond acceptors (Lipinski definition) is 5. The van der Waals surface area contributed by atoms with E-state index in [1.807, 2.05) is 19.1 Å². The number of ether oxygens (including phenoxy) is 2. The quantitative estimate of drug-likeness (QED) is 0.400. The van der Waals surface area contributed by atoms with E-state index in [1.165, 1.54) is 20.0 Å². The lowest BCUT2D eigenvalue weighted by Crippen LogP contribution is -2.44. The van der Waals surface area contributed by atoms with Gasteiger partial charge >= 0.3 is 0 Å². The van der Waals surface area contributed by atoms with E-state index in [-0.39, 0.29) is 30.5 Å². The van der Waals surface area contributed by atoms with Crippen LogP contribution in [0.2, 0.25) is 0 Å². The molecule has 0 unspecified atom stereocenters. The van der Waals surface area contributed by atoms with Crippen molar-refractivity contribution in [3.63, 3.8) is 0 Å². The molecule has 0 spiro atoms. The number of hydrogen-bond donors (Lipinski definition) is 3. The standard InChI is InChI=1S/C29H36N4O4/c1-17-4-11-24(37-15-19-5-6-19)23(14-17)22-12-13-30-28-26(18(2)31-27(22)28)29(35)33-21-9-7-20(8-10-21)32-25(34)16-36-3/h4,11-14,19-21,31H,5-10,15-16H2,1-3H3,(H,32,34)(H,33,35). The second-order valence-electron chi connectivity index (χ2n) is 10.5. The molecule has 2 aliphatic rings. The number of nitrogens with one attached hydrogen (secondary N) is 3. The number of benzene rings is 1. The van der Waals surface area contributed by atoms with Crippen LogP contribution in [0.5, 0.6) is 5.75 Å². The monoisotopic (exact) mass is 504 g/mol. The lowest BCUT2D eigenvalue weighted by molar-refractivity contribution is -0.125. The summed E-state index contributed by atoms with van der Waals surface area (Å²) < 4.78 is 11.1. The van der Waals surface area contributed by atoms with Crippen LogP contribution in [0, 0.1) is 19.8 Å². The van der Waals surface area contributed by atoms with Gasteiger partial charge in [-0.05, 0) is 76.5 Å². The van der Waals surface area contributed by atoms with Gasteiger partial charge < -0.3 is 25.1 Å². The largest absolute Gasteiger partial charge is 0.493 e. The normalized spacial score (nSPS) is 19.5. The number of aromatic amines is 1. The maximum Gasteiger partial charge on any atom is 0.255 e. The molecule has 8 nitrogen and oxygen atoms in total. The lowest BCUT2D eigenvalue weighted by Gasteiger charge is -2.29. The number of amides is 2. The van der Waals surface area contributed by atoms with Crippen LogP contribution in [0.15, 0.2) is 30.5 Å². The minimum Gasteiger partial charge on any atom is -0.493 e. The first-order valence-corrected chi connectivity index (χ1v) is 13.2. The zero-order valence-corrected chi connectivity index (χ0v) is 21.9. The molecule has 8 heteroatoms. The van der Waals surface area contributed by atoms with Gasteiger partial charge in [0.05, 0.1) is 17.7 Å². The summed E-state index contributed by atoms with van der Waals surface area (Å²) in [5, 5.41) is 6.21. The van der Waals surface area contributed by atoms with E-state index in [4.69, 9.17) is 9.47 Å². The maximum atomic E-state index is 13.4. The number of pyridine rings is 1. The van der Waals surface area contributed by atoms with Crippen molar-refractivity contribution in [2.75, 3.05) is 20.3 Å². The van der Waals surface area contributed by atoms with Gasteiger partial charge in [-0.3, -0.25) is 14.6 Å². The Kier molecular flexibility index (Phi) is 7.46. The molecule has 2 fully saturated rings. The van der Waals surface area contributed by atoms with Gasteiger partial charge in [0, 0.05) is 42.2 Å². The van der Waals surface area contributed by atoms with Crippen LogP contribution < -0.4 is 15.4 Å². The molecule has 3 N–H and O–H groups in total. The summed E-state index contributed by atoms with van der Waals surface area (Å²) in [6.45, 7) is 4.80. The summed E-state index contributed by atoms with van der Waals surface area (Å²) in [6.07, 6.45) is 7.52. The number of carbonyl (C=O) groups excluding carboxylic acids is 2. The predicted molar refractivity (Wildman–Crippen MR) is 143 cm³/mol. The molecule has 0 radical (unpaired) electrons. The summed E-state index contributed by atoms with van der Waals surface area (Å²) in [4.78, 5) is 33.3. The Hall–Kier alpha value is -3.39. The highest BCUT2D eigenvalue weighted by Gasteiger charge is 2.27. The van der Waals surface area contributed by atoms with E-state index in [9.17, 15) is 9.59 Å². The van der Waals surface area contributed by atoms with E-state index in [2.05, 4.69) is 39.7 Å². The summed E-state index contributed by atoms with van der Waals surface area (Å²) >= 11 is 0. The van der Waals surface area contributed by atoms with Crippen molar-refractivity contribution >= 4 is 22.8 Å². The number of aryl methyl sites for hydroxylation is 2. The first-order chi connectivity index (χ1) is 17.9. The van der Waals surface area contributed by atoms with Gasteiger partial charge in [0.1, 0.15) is 17.9 Å². The van der Waals surface area contributed by atoms with Crippen molar-refractivity contribution in [2.45, 2.75) is 64.5 Å². The Morgan fingerprint density at radius 3 is 2.43 bits per heavy atom. The second kappa shape index (κ2) is 10.9. The average Bonchev–Trinajstić information content (AvgIpc) is 3.64. The summed E-state index contributed by atoms with van der Waals surface area (Å²) in [5.41, 5.74) is 6.03. The highest BCUT2D eigenvalue weighted by atomic mass is 16.5. The van der Waals surface area contributed by atoms with Crippen molar-refractivity contribution in [3.8, 4) is 16.9 Å². The molecule has 0 bridgehead atoms. The van der Waals surface area contributed by atoms with E-state index in [1.54, 1.807) is 6.20 Å². The summed E-state index contributed by atoms with van der Waals surface area (Å²) in [5.74, 6) is 1.31. The molecule has 2 heterocycles. The third kappa shape index (κ3) is 5.80. The fourth-order valence-corrected chi connectivity index (χ4v) is 5.22. The molecule has 2 saturated carbocycles. The van der Waals surface area contributed by atoms with Crippen molar-refractivity contribution < 1.29 is 19.1 Å². The average molecular weight is 505 g/mol. The van der Waals surface area contributed by atoms with Crippen LogP contribution in [0.3, 0.4) is 0 Å². The van der Waals surface area contributed by atoms with Crippen LogP contribution in [0.4, 0.5) is 0 Å². The highest BCUT2D eigenvalue weighted by Crippen LogP contribution is 2.38. The molecule has 196 valence electrons. The van der Waals surface area contributed by atoms with Gasteiger partial charge in [0.2, 0.25) is 5.91 Å². The van der Waals surface area contributed by atoms with Crippen molar-refractivity contribution in [1.82, 2.24) is 20.6 Å². The first-order valence-electron chi connectivity index (χ1n) is 13.2. The number of H-pyrrole nitrogens is 1. The van der Waals surface area contributed by atoms with Gasteiger partial charge in [-0.15, -0.1) is 0 Å². The van der Waals surface area contributed by atoms with E-state index >= 15 is 0 Å². The van der Waals surface area contributed by atoms with Gasteiger partial charge in [0.25, 0.3) is 5.91 Å². The Morgan fingerprint density at radius 1 is 1.00 bits per heavy atom. The van der Waals surface area contributed by atoms with E-state index in [0.717, 1.165) is 65.9 Å². The van der Waals surface area contributed by atoms with Crippen LogP contribution >= 0.6 is 0 Å². The first kappa shape index (κ1) is 25.3. The highest BCUT2D eigenvalue weighted by molar-refractivity contribution is 6.09. The molecular weight excluding hydrogens is 468 g/mol. The molecule has 37 heavy (non-hydrogen) atoms. The van der Waals surface area contributed by atoms with Crippen LogP contribution in [-0.4, -0.2) is 54.2 Å². The third-order valence-electron chi connectivity index (χ3n) is 7.40. The Balaban J connectivity index is 1.34. The fraction of sp³-hybridized carbons (Fsp3) is 0.483. The van der Waals surface area contributed by atoms with Crippen molar-refractivity contribution in [2.24, 2.45) is 5.92 Å². The molecule has 1 aromatic carbocycles. The molecular formula is C29H36N4O4. The topological polar surface area (TPSA) is 105 Å². The molecule has 2 aromatic heterocycles. The number of rotatable bonds is 9. The summed E-state index contributed by atoms with van der Waals surface area (Å²) in [6, 6.07) is 8.42. The Bertz CT molecular complexity index is 1290. The Labute approximate surface area is 217 Å². The zero-order valence-electron chi connectivity index (χ0n) is 21.9. The zero-order chi connectivity index (χ0) is 25.9. The second-order valence-corrected chi connectivity index (χ2v) is 10.5. The molecule has 2 aliphatic carbocycles. The maximum absolute atomic E-state index is 13.4. The minimum atomic E-state index is -0.116. The van der Waals surface area contributed by atoms with Crippen molar-refractivity contribution in [3.05, 3.63) is 47.3 Å². The van der Waals surface area contributed by atoms with Crippen molar-refractivity contribution in [1.29, 1.82) is 0 Å². The number of methoxy groups -OCH3 is 1. The van der Waals surface area contributed by atoms with E-state index < -0.39 is 0 Å². The lowest BCUT2D eigenvalue weighted by atomic mass is 9.91. The fourth-order valence-electron chi connectivity index (χ4n) is 5.22. The van der Waals surface area contributed by atoms with Crippen LogP contribution in [0.25, 0.3) is 22.2 Å². The number of fused-ring (bicyclic) bond motifs is 1.